The summed E-state index contributed by atoms with van der Waals surface area (Å²) in [6.07, 6.45) is -4.55. The van der Waals surface area contributed by atoms with Gasteiger partial charge in [0.1, 0.15) is 0 Å². The number of rotatable bonds is 2. The summed E-state index contributed by atoms with van der Waals surface area (Å²) in [7, 11) is 1.12. The quantitative estimate of drug-likeness (QED) is 0.847. The monoisotopic (exact) mass is 289 g/mol. The third kappa shape index (κ3) is 2.87. The number of anilines is 1. The number of aliphatic hydroxyl groups excluding tert-OH is 1. The molecule has 1 atom stereocenters. The molecule has 0 amide bonds. The molecule has 1 aliphatic rings. The summed E-state index contributed by atoms with van der Waals surface area (Å²) >= 11 is 0. The average Bonchev–Trinajstić information content (AvgIpc) is 2.82. The van der Waals surface area contributed by atoms with Crippen molar-refractivity contribution >= 4 is 11.7 Å². The van der Waals surface area contributed by atoms with Crippen LogP contribution in [0.2, 0.25) is 0 Å². The summed E-state index contributed by atoms with van der Waals surface area (Å²) in [5.74, 6) is -0.826. The van der Waals surface area contributed by atoms with Crippen LogP contribution in [0.1, 0.15) is 22.3 Å². The van der Waals surface area contributed by atoms with Crippen LogP contribution in [-0.2, 0) is 10.9 Å². The molecule has 0 bridgehead atoms. The zero-order valence-electron chi connectivity index (χ0n) is 10.8. The summed E-state index contributed by atoms with van der Waals surface area (Å²) in [6, 6.07) is 2.95. The first-order valence-corrected chi connectivity index (χ1v) is 6.05. The summed E-state index contributed by atoms with van der Waals surface area (Å²) in [6.45, 7) is 0.770. The molecule has 0 spiro atoms. The highest BCUT2D eigenvalue weighted by Crippen LogP contribution is 2.34. The predicted octanol–water partition coefficient (Wildman–Crippen LogP) is 2.06. The number of methoxy groups -OCH3 is 1. The van der Waals surface area contributed by atoms with Crippen molar-refractivity contribution in [3.05, 3.63) is 29.3 Å². The van der Waals surface area contributed by atoms with E-state index in [1.54, 1.807) is 4.90 Å². The van der Waals surface area contributed by atoms with E-state index >= 15 is 0 Å². The van der Waals surface area contributed by atoms with E-state index in [1.807, 2.05) is 0 Å². The smallest absolute Gasteiger partial charge is 0.416 e. The number of halogens is 3. The molecular weight excluding hydrogens is 275 g/mol. The van der Waals surface area contributed by atoms with E-state index in [4.69, 9.17) is 0 Å². The summed E-state index contributed by atoms with van der Waals surface area (Å²) in [4.78, 5) is 13.4. The van der Waals surface area contributed by atoms with Gasteiger partial charge in [0.15, 0.2) is 0 Å². The molecule has 1 aliphatic heterocycles. The molecule has 0 saturated carbocycles. The Balaban J connectivity index is 2.43. The minimum absolute atomic E-state index is 0.142. The van der Waals surface area contributed by atoms with Crippen LogP contribution in [0.25, 0.3) is 0 Å². The number of carbonyl (C=O) groups excluding carboxylic acids is 1. The van der Waals surface area contributed by atoms with Crippen LogP contribution in [0.4, 0.5) is 18.9 Å². The number of β-amino-alcohol motifs (C(OH)–C–C–N with tert-alkyl or cyclic N) is 1. The van der Waals surface area contributed by atoms with Crippen LogP contribution in [0.3, 0.4) is 0 Å². The second-order valence-electron chi connectivity index (χ2n) is 4.61. The van der Waals surface area contributed by atoms with Gasteiger partial charge in [0.05, 0.1) is 30.0 Å². The van der Waals surface area contributed by atoms with Gasteiger partial charge in [-0.1, -0.05) is 0 Å². The highest BCUT2D eigenvalue weighted by atomic mass is 19.4. The van der Waals surface area contributed by atoms with Crippen LogP contribution in [0.15, 0.2) is 18.2 Å². The minimum Gasteiger partial charge on any atom is -0.465 e. The normalized spacial score (nSPS) is 19.2. The van der Waals surface area contributed by atoms with Crippen molar-refractivity contribution in [3.8, 4) is 0 Å². The Hall–Kier alpha value is -1.76. The average molecular weight is 289 g/mol. The van der Waals surface area contributed by atoms with Gasteiger partial charge in [-0.25, -0.2) is 4.79 Å². The Morgan fingerprint density at radius 1 is 1.45 bits per heavy atom. The highest BCUT2D eigenvalue weighted by Gasteiger charge is 2.33. The molecular formula is C13H14F3NO3. The SMILES string of the molecule is COC(=O)c1cc(C(F)(F)F)ccc1N1CC[C@@H](O)C1. The first kappa shape index (κ1) is 14.6. The molecule has 1 saturated heterocycles. The van der Waals surface area contributed by atoms with Crippen molar-refractivity contribution in [1.29, 1.82) is 0 Å². The largest absolute Gasteiger partial charge is 0.465 e. The van der Waals surface area contributed by atoms with E-state index in [0.29, 0.717) is 18.7 Å². The number of alkyl halides is 3. The molecule has 1 aromatic carbocycles. The van der Waals surface area contributed by atoms with E-state index in [1.165, 1.54) is 6.07 Å². The summed E-state index contributed by atoms with van der Waals surface area (Å²) < 4.78 is 42.6. The molecule has 2 rings (SSSR count). The highest BCUT2D eigenvalue weighted by molar-refractivity contribution is 5.96. The Morgan fingerprint density at radius 3 is 2.65 bits per heavy atom. The fraction of sp³-hybridized carbons (Fsp3) is 0.462. The molecule has 1 aromatic rings. The lowest BCUT2D eigenvalue weighted by Gasteiger charge is -2.21. The Kier molecular flexibility index (Phi) is 3.89. The van der Waals surface area contributed by atoms with Crippen LogP contribution >= 0.6 is 0 Å². The van der Waals surface area contributed by atoms with Crippen molar-refractivity contribution in [1.82, 2.24) is 0 Å². The maximum Gasteiger partial charge on any atom is 0.416 e. The van der Waals surface area contributed by atoms with Gasteiger partial charge in [0.2, 0.25) is 0 Å². The van der Waals surface area contributed by atoms with Crippen molar-refractivity contribution < 1.29 is 27.8 Å². The Labute approximate surface area is 113 Å². The molecule has 4 nitrogen and oxygen atoms in total. The maximum absolute atomic E-state index is 12.7. The van der Waals surface area contributed by atoms with Gasteiger partial charge in [-0.05, 0) is 24.6 Å². The van der Waals surface area contributed by atoms with Crippen molar-refractivity contribution in [2.75, 3.05) is 25.1 Å². The van der Waals surface area contributed by atoms with Crippen LogP contribution in [0, 0.1) is 0 Å². The van der Waals surface area contributed by atoms with Gasteiger partial charge in [0, 0.05) is 13.1 Å². The first-order valence-electron chi connectivity index (χ1n) is 6.05. The van der Waals surface area contributed by atoms with E-state index in [0.717, 1.165) is 19.2 Å². The molecule has 1 heterocycles. The number of hydrogen-bond donors (Lipinski definition) is 1. The molecule has 1 fully saturated rings. The second kappa shape index (κ2) is 5.32. The van der Waals surface area contributed by atoms with Crippen LogP contribution in [-0.4, -0.2) is 37.4 Å². The zero-order valence-corrected chi connectivity index (χ0v) is 10.8. The van der Waals surface area contributed by atoms with Crippen molar-refractivity contribution in [2.45, 2.75) is 18.7 Å². The molecule has 110 valence electrons. The van der Waals surface area contributed by atoms with E-state index in [9.17, 15) is 23.1 Å². The number of ether oxygens (including phenoxy) is 1. The Morgan fingerprint density at radius 2 is 2.15 bits per heavy atom. The maximum atomic E-state index is 12.7. The first-order chi connectivity index (χ1) is 9.32. The van der Waals surface area contributed by atoms with Gasteiger partial charge < -0.3 is 14.7 Å². The van der Waals surface area contributed by atoms with Crippen LogP contribution < -0.4 is 4.90 Å². The molecule has 0 unspecified atom stereocenters. The molecule has 0 aliphatic carbocycles. The standard InChI is InChI=1S/C13H14F3NO3/c1-20-12(19)10-6-8(13(14,15)16)2-3-11(10)17-5-4-9(18)7-17/h2-3,6,9,18H,4-5,7H2,1H3/t9-/m1/s1. The molecule has 0 aromatic heterocycles. The lowest BCUT2D eigenvalue weighted by Crippen LogP contribution is -2.24. The number of esters is 1. The topological polar surface area (TPSA) is 49.8 Å². The molecule has 1 N–H and O–H groups in total. The van der Waals surface area contributed by atoms with E-state index < -0.39 is 23.8 Å². The van der Waals surface area contributed by atoms with Gasteiger partial charge in [0.25, 0.3) is 0 Å². The molecule has 0 radical (unpaired) electrons. The summed E-state index contributed by atoms with van der Waals surface area (Å²) in [5, 5.41) is 9.49. The van der Waals surface area contributed by atoms with Crippen molar-refractivity contribution in [3.63, 3.8) is 0 Å². The predicted molar refractivity (Wildman–Crippen MR) is 65.6 cm³/mol. The third-order valence-electron chi connectivity index (χ3n) is 3.23. The van der Waals surface area contributed by atoms with Gasteiger partial charge in [-0.2, -0.15) is 13.2 Å². The fourth-order valence-corrected chi connectivity index (χ4v) is 2.22. The molecule has 7 heteroatoms. The lowest BCUT2D eigenvalue weighted by atomic mass is 10.1. The van der Waals surface area contributed by atoms with E-state index in [2.05, 4.69) is 4.74 Å². The Bertz CT molecular complexity index is 516. The minimum atomic E-state index is -4.52. The van der Waals surface area contributed by atoms with Gasteiger partial charge in [-0.3, -0.25) is 0 Å². The lowest BCUT2D eigenvalue weighted by molar-refractivity contribution is -0.137. The molecule has 20 heavy (non-hydrogen) atoms. The number of hydrogen-bond acceptors (Lipinski definition) is 4. The van der Waals surface area contributed by atoms with Crippen LogP contribution in [0.5, 0.6) is 0 Å². The number of carbonyl (C=O) groups is 1. The second-order valence-corrected chi connectivity index (χ2v) is 4.61. The zero-order chi connectivity index (χ0) is 14.9. The van der Waals surface area contributed by atoms with E-state index in [-0.39, 0.29) is 12.1 Å². The number of benzene rings is 1. The number of aliphatic hydroxyl groups is 1. The fourth-order valence-electron chi connectivity index (χ4n) is 2.22. The van der Waals surface area contributed by atoms with Crippen molar-refractivity contribution in [2.24, 2.45) is 0 Å². The van der Waals surface area contributed by atoms with Gasteiger partial charge >= 0.3 is 12.1 Å². The summed E-state index contributed by atoms with van der Waals surface area (Å²) in [5.41, 5.74) is -0.695. The number of nitrogens with zero attached hydrogens (tertiary/aromatic N) is 1. The van der Waals surface area contributed by atoms with Gasteiger partial charge in [-0.15, -0.1) is 0 Å². The third-order valence-corrected chi connectivity index (χ3v) is 3.23.